The number of aromatic nitrogens is 4. The highest BCUT2D eigenvalue weighted by molar-refractivity contribution is 7.98. The van der Waals surface area contributed by atoms with E-state index in [1.165, 1.54) is 28.0 Å². The molecule has 4 aromatic heterocycles. The zero-order chi connectivity index (χ0) is 25.0. The minimum atomic E-state index is -3.54. The summed E-state index contributed by atoms with van der Waals surface area (Å²) in [5.74, 6) is 0.321. The van der Waals surface area contributed by atoms with E-state index in [0.29, 0.717) is 34.8 Å². The van der Waals surface area contributed by atoms with E-state index in [1.807, 2.05) is 41.3 Å². The lowest BCUT2D eigenvalue weighted by Gasteiger charge is -2.15. The van der Waals surface area contributed by atoms with Crippen LogP contribution < -0.4 is 4.90 Å². The van der Waals surface area contributed by atoms with E-state index in [-0.39, 0.29) is 18.5 Å². The number of carbonyl (C=O) groups excluding carboxylic acids is 1. The van der Waals surface area contributed by atoms with Gasteiger partial charge in [-0.2, -0.15) is 0 Å². The van der Waals surface area contributed by atoms with Crippen molar-refractivity contribution in [2.45, 2.75) is 30.6 Å². The molecule has 4 aromatic rings. The first kappa shape index (κ1) is 28.2. The summed E-state index contributed by atoms with van der Waals surface area (Å²) in [4.78, 5) is 32.0. The second kappa shape index (κ2) is 12.2. The zero-order valence-corrected chi connectivity index (χ0v) is 22.7. The van der Waals surface area contributed by atoms with E-state index in [1.54, 1.807) is 23.5 Å². The molecule has 8 nitrogen and oxygen atoms in total. The summed E-state index contributed by atoms with van der Waals surface area (Å²) >= 11 is 10.5. The third kappa shape index (κ3) is 6.88. The molecule has 0 unspecified atom stereocenters. The number of nitrogens with zero attached hydrogens (tertiary/aromatic N) is 5. The van der Waals surface area contributed by atoms with Crippen molar-refractivity contribution in [2.24, 2.45) is 0 Å². The number of amides is 1. The van der Waals surface area contributed by atoms with Crippen LogP contribution in [0.3, 0.4) is 0 Å². The van der Waals surface area contributed by atoms with Gasteiger partial charge >= 0.3 is 0 Å². The predicted octanol–water partition coefficient (Wildman–Crippen LogP) is 5.95. The third-order valence-electron chi connectivity index (χ3n) is 4.78. The average Bonchev–Trinajstić information content (AvgIpc) is 3.61. The number of sulfone groups is 1. The molecule has 1 aliphatic heterocycles. The molecule has 1 amide bonds. The van der Waals surface area contributed by atoms with E-state index in [9.17, 15) is 13.2 Å². The van der Waals surface area contributed by atoms with Crippen LogP contribution in [0, 0.1) is 0 Å². The number of thiophene rings is 2. The van der Waals surface area contributed by atoms with Gasteiger partial charge in [0.15, 0.2) is 5.16 Å². The molecular weight excluding hydrogens is 558 g/mol. The van der Waals surface area contributed by atoms with Crippen LogP contribution in [0.1, 0.15) is 20.3 Å². The highest BCUT2D eigenvalue weighted by Gasteiger charge is 2.25. The lowest BCUT2D eigenvalue weighted by atomic mass is 10.3. The number of rotatable bonds is 5. The van der Waals surface area contributed by atoms with Crippen molar-refractivity contribution >= 4 is 67.6 Å². The molecule has 36 heavy (non-hydrogen) atoms. The minimum Gasteiger partial charge on any atom is -0.297 e. The smallest absolute Gasteiger partial charge is 0.249 e. The van der Waals surface area contributed by atoms with E-state index in [4.69, 9.17) is 11.6 Å². The van der Waals surface area contributed by atoms with Crippen molar-refractivity contribution in [3.05, 3.63) is 52.3 Å². The van der Waals surface area contributed by atoms with Gasteiger partial charge in [-0.15, -0.1) is 22.7 Å². The maximum Gasteiger partial charge on any atom is 0.249 e. The predicted molar refractivity (Wildman–Crippen MR) is 149 cm³/mol. The van der Waals surface area contributed by atoms with Crippen LogP contribution in [-0.4, -0.2) is 53.3 Å². The highest BCUT2D eigenvalue weighted by atomic mass is 35.5. The summed E-state index contributed by atoms with van der Waals surface area (Å²) in [5.41, 5.74) is 1.42. The molecule has 0 radical (unpaired) electrons. The molecule has 0 saturated carbocycles. The largest absolute Gasteiger partial charge is 0.297 e. The molecule has 13 heteroatoms. The average molecular weight is 582 g/mol. The molecule has 1 aliphatic rings. The molecule has 5 rings (SSSR count). The maximum absolute atomic E-state index is 11.9. The normalized spacial score (nSPS) is 13.2. The Morgan fingerprint density at radius 1 is 1.00 bits per heavy atom. The van der Waals surface area contributed by atoms with Gasteiger partial charge in [0.2, 0.25) is 20.9 Å². The second-order valence-electron chi connectivity index (χ2n) is 7.33. The molecule has 5 heterocycles. The lowest BCUT2D eigenvalue weighted by molar-refractivity contribution is -0.117. The van der Waals surface area contributed by atoms with Crippen LogP contribution in [0.25, 0.3) is 21.1 Å². The summed E-state index contributed by atoms with van der Waals surface area (Å²) in [6.45, 7) is 0.558. The topological polar surface area (TPSA) is 106 Å². The molecule has 0 atom stereocenters. The second-order valence-corrected chi connectivity index (χ2v) is 12.3. The van der Waals surface area contributed by atoms with Crippen molar-refractivity contribution in [3.63, 3.8) is 0 Å². The van der Waals surface area contributed by atoms with Crippen LogP contribution in [0.4, 0.5) is 5.82 Å². The van der Waals surface area contributed by atoms with E-state index in [0.717, 1.165) is 28.1 Å². The van der Waals surface area contributed by atoms with Gasteiger partial charge in [-0.05, 0) is 35.6 Å². The van der Waals surface area contributed by atoms with Crippen molar-refractivity contribution < 1.29 is 13.2 Å². The summed E-state index contributed by atoms with van der Waals surface area (Å²) in [6.07, 6.45) is 4.22. The quantitative estimate of drug-likeness (QED) is 0.162. The summed E-state index contributed by atoms with van der Waals surface area (Å²) in [5, 5.41) is 4.86. The molecule has 1 saturated heterocycles. The van der Waals surface area contributed by atoms with Gasteiger partial charge < -0.3 is 0 Å². The molecule has 0 aromatic carbocycles. The molecule has 0 spiro atoms. The Hall–Kier alpha value is -2.38. The van der Waals surface area contributed by atoms with E-state index < -0.39 is 9.84 Å². The van der Waals surface area contributed by atoms with E-state index in [2.05, 4.69) is 19.9 Å². The van der Waals surface area contributed by atoms with Crippen molar-refractivity contribution in [1.82, 2.24) is 19.9 Å². The first-order valence-corrected chi connectivity index (χ1v) is 15.6. The number of hydrogen-bond acceptors (Lipinski definition) is 10. The molecule has 1 fully saturated rings. The molecule has 0 bridgehead atoms. The van der Waals surface area contributed by atoms with Gasteiger partial charge in [0.25, 0.3) is 0 Å². The third-order valence-corrected chi connectivity index (χ3v) is 8.15. The number of anilines is 1. The Morgan fingerprint density at radius 2 is 1.64 bits per heavy atom. The van der Waals surface area contributed by atoms with Gasteiger partial charge in [-0.3, -0.25) is 9.69 Å². The fourth-order valence-electron chi connectivity index (χ4n) is 3.20. The Kier molecular flexibility index (Phi) is 9.59. The Morgan fingerprint density at radius 3 is 2.14 bits per heavy atom. The first-order valence-electron chi connectivity index (χ1n) is 10.3. The van der Waals surface area contributed by atoms with Crippen LogP contribution in [0.5, 0.6) is 0 Å². The fraction of sp³-hybridized carbons (Fsp3) is 0.261. The van der Waals surface area contributed by atoms with Crippen LogP contribution in [0.2, 0.25) is 5.15 Å². The summed E-state index contributed by atoms with van der Waals surface area (Å²) in [6, 6.07) is 11.2. The van der Waals surface area contributed by atoms with E-state index >= 15 is 0 Å². The van der Waals surface area contributed by atoms with Crippen molar-refractivity contribution in [3.8, 4) is 21.1 Å². The van der Waals surface area contributed by atoms with Gasteiger partial charge in [0, 0.05) is 31.4 Å². The Balaban J connectivity index is 0.000000210. The van der Waals surface area contributed by atoms with Gasteiger partial charge in [0.05, 0.1) is 21.1 Å². The summed E-state index contributed by atoms with van der Waals surface area (Å²) in [7, 11) is -3.54. The summed E-state index contributed by atoms with van der Waals surface area (Å²) < 4.78 is 23.6. The first-order chi connectivity index (χ1) is 16.7. The molecular formula is C23H24ClN5O3S4. The van der Waals surface area contributed by atoms with Gasteiger partial charge in [-0.1, -0.05) is 42.9 Å². The highest BCUT2D eigenvalue weighted by Crippen LogP contribution is 2.29. The van der Waals surface area contributed by atoms with Crippen LogP contribution in [-0.2, 0) is 14.6 Å². The number of thioether (sulfide) groups is 1. The van der Waals surface area contributed by atoms with Gasteiger partial charge in [0.1, 0.15) is 11.0 Å². The maximum atomic E-state index is 11.9. The monoisotopic (exact) mass is 581 g/mol. The van der Waals surface area contributed by atoms with Crippen LogP contribution in [0.15, 0.2) is 57.5 Å². The number of carbonyl (C=O) groups is 1. The SMILES string of the molecule is C.CS(=O)(=O)c1nc(-c2cccs2)cc(N2CCCC2=O)n1.CSc1nc(Cl)cc(-c2cccs2)n1. The zero-order valence-electron chi connectivity index (χ0n) is 18.7. The number of halogens is 1. The molecule has 0 aliphatic carbocycles. The van der Waals surface area contributed by atoms with Crippen molar-refractivity contribution in [2.75, 3.05) is 24.0 Å². The Labute approximate surface area is 227 Å². The lowest BCUT2D eigenvalue weighted by Crippen LogP contribution is -2.25. The van der Waals surface area contributed by atoms with Gasteiger partial charge in [-0.25, -0.2) is 28.4 Å². The molecule has 0 N–H and O–H groups in total. The fourth-order valence-corrected chi connectivity index (χ4v) is 5.71. The van der Waals surface area contributed by atoms with Crippen molar-refractivity contribution in [1.29, 1.82) is 0 Å². The Bertz CT molecular complexity index is 1430. The minimum absolute atomic E-state index is 0. The molecule has 190 valence electrons. The standard InChI is InChI=1S/C13H13N3O3S2.C9H7ClN2S2.CH4/c1-21(18,19)13-14-9(10-4-3-7-20-10)8-11(15-13)16-6-2-5-12(16)17;1-13-9-11-6(5-8(10)12-9)7-3-2-4-14-7;/h3-4,7-8H,2,5-6H2,1H3;2-5H,1H3;1H4. The number of hydrogen-bond donors (Lipinski definition) is 0. The van der Waals surface area contributed by atoms with Crippen LogP contribution >= 0.6 is 46.0 Å².